The van der Waals surface area contributed by atoms with E-state index in [0.29, 0.717) is 5.69 Å². The van der Waals surface area contributed by atoms with Gasteiger partial charge >= 0.3 is 0 Å². The van der Waals surface area contributed by atoms with Crippen LogP contribution in [0.4, 0.5) is 10.1 Å². The smallest absolute Gasteiger partial charge is 0.236 e. The summed E-state index contributed by atoms with van der Waals surface area (Å²) in [6.45, 7) is 3.71. The molecule has 0 amide bonds. The highest BCUT2D eigenvalue weighted by Crippen LogP contribution is 2.17. The number of piperazine rings is 1. The Bertz CT molecular complexity index is 308. The number of anilines is 1. The van der Waals surface area contributed by atoms with Crippen LogP contribution in [0.15, 0.2) is 18.3 Å². The molecule has 0 bridgehead atoms. The minimum absolute atomic E-state index is 0.364. The molecule has 0 saturated carbocycles. The summed E-state index contributed by atoms with van der Waals surface area (Å²) < 4.78 is 13.3. The van der Waals surface area contributed by atoms with Crippen LogP contribution in [-0.2, 0) is 0 Å². The van der Waals surface area contributed by atoms with Gasteiger partial charge in [-0.3, -0.25) is 0 Å². The van der Waals surface area contributed by atoms with E-state index in [1.54, 1.807) is 12.1 Å². The van der Waals surface area contributed by atoms with Gasteiger partial charge in [0.1, 0.15) is 0 Å². The summed E-state index contributed by atoms with van der Waals surface area (Å²) in [5, 5.41) is 0. The van der Waals surface area contributed by atoms with E-state index in [1.165, 1.54) is 6.20 Å². The van der Waals surface area contributed by atoms with Gasteiger partial charge in [0.2, 0.25) is 5.95 Å². The summed E-state index contributed by atoms with van der Waals surface area (Å²) in [4.78, 5) is 7.94. The molecule has 0 aromatic carbocycles. The van der Waals surface area contributed by atoms with Crippen LogP contribution in [0.5, 0.6) is 0 Å². The van der Waals surface area contributed by atoms with Gasteiger partial charge in [0.05, 0.1) is 5.69 Å². The van der Waals surface area contributed by atoms with E-state index < -0.39 is 0 Å². The summed E-state index contributed by atoms with van der Waals surface area (Å²) in [5.41, 5.74) is 0.626. The molecule has 3 nitrogen and oxygen atoms in total. The number of likely N-dealkylation sites (N-methyl/N-ethyl adjacent to an activating group) is 1. The SMILES string of the molecule is CN1CCN(c2cccnc2F)CC1. The molecule has 0 atom stereocenters. The van der Waals surface area contributed by atoms with E-state index in [1.807, 2.05) is 4.90 Å². The Hall–Kier alpha value is -1.16. The zero-order valence-corrected chi connectivity index (χ0v) is 8.28. The first-order valence-corrected chi connectivity index (χ1v) is 4.81. The van der Waals surface area contributed by atoms with Crippen molar-refractivity contribution in [3.63, 3.8) is 0 Å². The first-order valence-electron chi connectivity index (χ1n) is 4.81. The largest absolute Gasteiger partial charge is 0.365 e. The molecular formula is C10H14FN3. The Kier molecular flexibility index (Phi) is 2.63. The Balaban J connectivity index is 2.12. The number of hydrogen-bond acceptors (Lipinski definition) is 3. The zero-order chi connectivity index (χ0) is 9.97. The van der Waals surface area contributed by atoms with Gasteiger partial charge in [-0.25, -0.2) is 4.98 Å². The lowest BCUT2D eigenvalue weighted by atomic mass is 10.3. The second-order valence-electron chi connectivity index (χ2n) is 3.60. The molecule has 0 aliphatic carbocycles. The normalized spacial score (nSPS) is 18.6. The predicted molar refractivity (Wildman–Crippen MR) is 53.9 cm³/mol. The van der Waals surface area contributed by atoms with Gasteiger partial charge in [0, 0.05) is 32.4 Å². The van der Waals surface area contributed by atoms with Gasteiger partial charge < -0.3 is 9.80 Å². The second-order valence-corrected chi connectivity index (χ2v) is 3.60. The number of halogens is 1. The number of pyridine rings is 1. The average molecular weight is 195 g/mol. The molecule has 2 heterocycles. The van der Waals surface area contributed by atoms with Crippen molar-refractivity contribution in [2.75, 3.05) is 38.1 Å². The Morgan fingerprint density at radius 1 is 1.29 bits per heavy atom. The summed E-state index contributed by atoms with van der Waals surface area (Å²) in [6.07, 6.45) is 1.48. The van der Waals surface area contributed by atoms with E-state index in [-0.39, 0.29) is 5.95 Å². The van der Waals surface area contributed by atoms with Gasteiger partial charge in [0.15, 0.2) is 0 Å². The Morgan fingerprint density at radius 3 is 2.64 bits per heavy atom. The third-order valence-corrected chi connectivity index (χ3v) is 2.58. The third kappa shape index (κ3) is 1.85. The number of hydrogen-bond donors (Lipinski definition) is 0. The maximum absolute atomic E-state index is 13.3. The van der Waals surface area contributed by atoms with E-state index in [0.717, 1.165) is 26.2 Å². The van der Waals surface area contributed by atoms with Crippen LogP contribution in [0.3, 0.4) is 0 Å². The maximum atomic E-state index is 13.3. The van der Waals surface area contributed by atoms with Crippen LogP contribution in [0.2, 0.25) is 0 Å². The molecule has 76 valence electrons. The Labute approximate surface area is 83.2 Å². The van der Waals surface area contributed by atoms with Gasteiger partial charge in [-0.05, 0) is 19.2 Å². The van der Waals surface area contributed by atoms with Gasteiger partial charge in [0.25, 0.3) is 0 Å². The standard InChI is InChI=1S/C10H14FN3/c1-13-5-7-14(8-6-13)9-3-2-4-12-10(9)11/h2-4H,5-8H2,1H3. The highest BCUT2D eigenvalue weighted by atomic mass is 19.1. The van der Waals surface area contributed by atoms with Crippen LogP contribution >= 0.6 is 0 Å². The van der Waals surface area contributed by atoms with Gasteiger partial charge in [-0.1, -0.05) is 0 Å². The first-order chi connectivity index (χ1) is 6.77. The van der Waals surface area contributed by atoms with Crippen molar-refractivity contribution in [2.45, 2.75) is 0 Å². The molecule has 1 aromatic rings. The van der Waals surface area contributed by atoms with Gasteiger partial charge in [-0.2, -0.15) is 4.39 Å². The lowest BCUT2D eigenvalue weighted by Crippen LogP contribution is -2.44. The molecular weight excluding hydrogens is 181 g/mol. The van der Waals surface area contributed by atoms with Crippen LogP contribution in [0.25, 0.3) is 0 Å². The van der Waals surface area contributed by atoms with Crippen molar-refractivity contribution in [3.05, 3.63) is 24.3 Å². The minimum atomic E-state index is -0.364. The summed E-state index contributed by atoms with van der Waals surface area (Å²) in [7, 11) is 2.08. The fraction of sp³-hybridized carbons (Fsp3) is 0.500. The first kappa shape index (κ1) is 9.40. The molecule has 1 saturated heterocycles. The lowest BCUT2D eigenvalue weighted by Gasteiger charge is -2.33. The fourth-order valence-electron chi connectivity index (χ4n) is 1.66. The monoisotopic (exact) mass is 195 g/mol. The highest BCUT2D eigenvalue weighted by Gasteiger charge is 2.16. The lowest BCUT2D eigenvalue weighted by molar-refractivity contribution is 0.311. The number of aromatic nitrogens is 1. The van der Waals surface area contributed by atoms with Crippen molar-refractivity contribution >= 4 is 5.69 Å². The van der Waals surface area contributed by atoms with E-state index >= 15 is 0 Å². The van der Waals surface area contributed by atoms with Crippen LogP contribution in [0, 0.1) is 5.95 Å². The van der Waals surface area contributed by atoms with Crippen LogP contribution in [-0.4, -0.2) is 43.1 Å². The highest BCUT2D eigenvalue weighted by molar-refractivity contribution is 5.45. The van der Waals surface area contributed by atoms with Crippen LogP contribution in [0.1, 0.15) is 0 Å². The molecule has 2 rings (SSSR count). The van der Waals surface area contributed by atoms with Crippen molar-refractivity contribution in [1.82, 2.24) is 9.88 Å². The molecule has 14 heavy (non-hydrogen) atoms. The predicted octanol–water partition coefficient (Wildman–Crippen LogP) is 0.973. The van der Waals surface area contributed by atoms with Crippen molar-refractivity contribution in [2.24, 2.45) is 0 Å². The fourth-order valence-corrected chi connectivity index (χ4v) is 1.66. The zero-order valence-electron chi connectivity index (χ0n) is 8.28. The number of rotatable bonds is 1. The van der Waals surface area contributed by atoms with E-state index in [2.05, 4.69) is 16.9 Å². The number of nitrogens with zero attached hydrogens (tertiary/aromatic N) is 3. The molecule has 1 aliphatic heterocycles. The quantitative estimate of drug-likeness (QED) is 0.622. The summed E-state index contributed by atoms with van der Waals surface area (Å²) >= 11 is 0. The summed E-state index contributed by atoms with van der Waals surface area (Å²) in [5.74, 6) is -0.364. The topological polar surface area (TPSA) is 19.4 Å². The molecule has 1 aromatic heterocycles. The van der Waals surface area contributed by atoms with Crippen molar-refractivity contribution in [1.29, 1.82) is 0 Å². The molecule has 0 unspecified atom stereocenters. The van der Waals surface area contributed by atoms with Gasteiger partial charge in [-0.15, -0.1) is 0 Å². The second kappa shape index (κ2) is 3.92. The molecule has 1 fully saturated rings. The van der Waals surface area contributed by atoms with E-state index in [4.69, 9.17) is 0 Å². The summed E-state index contributed by atoms with van der Waals surface area (Å²) in [6, 6.07) is 3.56. The van der Waals surface area contributed by atoms with Crippen molar-refractivity contribution in [3.8, 4) is 0 Å². The Morgan fingerprint density at radius 2 is 2.00 bits per heavy atom. The average Bonchev–Trinajstić information content (AvgIpc) is 2.20. The minimum Gasteiger partial charge on any atom is -0.365 e. The van der Waals surface area contributed by atoms with E-state index in [9.17, 15) is 4.39 Å². The molecule has 0 spiro atoms. The maximum Gasteiger partial charge on any atom is 0.236 e. The molecule has 1 aliphatic rings. The molecule has 0 N–H and O–H groups in total. The van der Waals surface area contributed by atoms with Crippen molar-refractivity contribution < 1.29 is 4.39 Å². The molecule has 4 heteroatoms. The molecule has 0 radical (unpaired) electrons. The van der Waals surface area contributed by atoms with Crippen LogP contribution < -0.4 is 4.90 Å². The third-order valence-electron chi connectivity index (χ3n) is 2.58.